The summed E-state index contributed by atoms with van der Waals surface area (Å²) < 4.78 is 27.5. The summed E-state index contributed by atoms with van der Waals surface area (Å²) in [5, 5.41) is 5.85. The molecule has 1 aromatic heterocycles. The number of anilines is 2. The van der Waals surface area contributed by atoms with E-state index in [0.717, 1.165) is 0 Å². The number of hydrogen-bond acceptors (Lipinski definition) is 5. The highest BCUT2D eigenvalue weighted by Gasteiger charge is 2.16. The number of benzene rings is 3. The minimum absolute atomic E-state index is 0.131. The van der Waals surface area contributed by atoms with Crippen molar-refractivity contribution < 1.29 is 13.2 Å². The Labute approximate surface area is 198 Å². The van der Waals surface area contributed by atoms with Gasteiger partial charge in [-0.2, -0.15) is 0 Å². The highest BCUT2D eigenvalue weighted by atomic mass is 35.5. The summed E-state index contributed by atoms with van der Waals surface area (Å²) in [5.74, 6) is -0.422. The molecule has 0 atom stereocenters. The first-order valence-corrected chi connectivity index (χ1v) is 12.3. The van der Waals surface area contributed by atoms with Gasteiger partial charge < -0.3 is 0 Å². The Balaban J connectivity index is 1.50. The number of aromatic nitrogens is 1. The van der Waals surface area contributed by atoms with Crippen LogP contribution in [0.3, 0.4) is 0 Å². The number of rotatable bonds is 6. The van der Waals surface area contributed by atoms with E-state index in [2.05, 4.69) is 15.0 Å². The minimum atomic E-state index is -3.76. The first-order chi connectivity index (χ1) is 15.3. The molecule has 0 aliphatic rings. The van der Waals surface area contributed by atoms with Crippen LogP contribution in [0.5, 0.6) is 0 Å². The van der Waals surface area contributed by atoms with Crippen LogP contribution in [0.1, 0.15) is 10.4 Å². The molecule has 162 valence electrons. The predicted octanol–water partition coefficient (Wildman–Crippen LogP) is 6.17. The molecule has 0 fully saturated rings. The van der Waals surface area contributed by atoms with Crippen LogP contribution in [0.25, 0.3) is 11.3 Å². The Morgan fingerprint density at radius 1 is 0.938 bits per heavy atom. The van der Waals surface area contributed by atoms with Gasteiger partial charge in [0, 0.05) is 27.2 Å². The smallest absolute Gasteiger partial charge is 0.261 e. The van der Waals surface area contributed by atoms with Crippen LogP contribution in [0, 0.1) is 0 Å². The Morgan fingerprint density at radius 3 is 2.47 bits per heavy atom. The molecule has 0 aliphatic heterocycles. The van der Waals surface area contributed by atoms with Crippen LogP contribution in [-0.2, 0) is 10.0 Å². The maximum atomic E-state index is 12.7. The van der Waals surface area contributed by atoms with Crippen LogP contribution < -0.4 is 10.0 Å². The van der Waals surface area contributed by atoms with Crippen molar-refractivity contribution in [1.82, 2.24) is 4.98 Å². The molecule has 0 aliphatic carbocycles. The number of nitrogens with zero attached hydrogens (tertiary/aromatic N) is 1. The second-order valence-corrected chi connectivity index (χ2v) is 10.00. The number of hydrogen-bond donors (Lipinski definition) is 2. The van der Waals surface area contributed by atoms with Gasteiger partial charge in [-0.25, -0.2) is 13.4 Å². The van der Waals surface area contributed by atoms with Gasteiger partial charge in [-0.1, -0.05) is 47.5 Å². The average Bonchev–Trinajstić information content (AvgIpc) is 3.22. The number of thiazole rings is 1. The third-order valence-electron chi connectivity index (χ3n) is 4.36. The van der Waals surface area contributed by atoms with Crippen LogP contribution in [0.4, 0.5) is 10.8 Å². The third kappa shape index (κ3) is 5.11. The first kappa shape index (κ1) is 22.3. The van der Waals surface area contributed by atoms with Gasteiger partial charge in [-0.15, -0.1) is 11.3 Å². The Kier molecular flexibility index (Phi) is 6.48. The lowest BCUT2D eigenvalue weighted by Gasteiger charge is -2.09. The summed E-state index contributed by atoms with van der Waals surface area (Å²) in [6.07, 6.45) is 0. The number of nitrogens with one attached hydrogen (secondary N) is 2. The van der Waals surface area contributed by atoms with Crippen molar-refractivity contribution in [3.8, 4) is 11.3 Å². The van der Waals surface area contributed by atoms with Crippen molar-refractivity contribution >= 4 is 61.3 Å². The Bertz CT molecular complexity index is 1390. The van der Waals surface area contributed by atoms with Crippen molar-refractivity contribution in [2.45, 2.75) is 4.90 Å². The lowest BCUT2D eigenvalue weighted by Crippen LogP contribution is -2.15. The lowest BCUT2D eigenvalue weighted by atomic mass is 10.2. The van der Waals surface area contributed by atoms with Crippen LogP contribution >= 0.6 is 34.5 Å². The van der Waals surface area contributed by atoms with E-state index < -0.39 is 15.9 Å². The van der Waals surface area contributed by atoms with E-state index in [-0.39, 0.29) is 16.1 Å². The van der Waals surface area contributed by atoms with Crippen molar-refractivity contribution in [3.05, 3.63) is 93.8 Å². The van der Waals surface area contributed by atoms with Gasteiger partial charge in [0.05, 0.1) is 15.6 Å². The summed E-state index contributed by atoms with van der Waals surface area (Å²) in [7, 11) is -3.76. The molecule has 0 unspecified atom stereocenters. The molecule has 0 saturated carbocycles. The molecule has 4 rings (SSSR count). The highest BCUT2D eigenvalue weighted by Crippen LogP contribution is 2.32. The van der Waals surface area contributed by atoms with E-state index >= 15 is 0 Å². The highest BCUT2D eigenvalue weighted by molar-refractivity contribution is 7.92. The molecular weight excluding hydrogens is 489 g/mol. The number of carbonyl (C=O) groups excluding carboxylic acids is 1. The molecule has 10 heteroatoms. The van der Waals surface area contributed by atoms with E-state index in [4.69, 9.17) is 23.2 Å². The summed E-state index contributed by atoms with van der Waals surface area (Å²) in [5.41, 5.74) is 1.86. The van der Waals surface area contributed by atoms with E-state index in [1.165, 1.54) is 29.5 Å². The van der Waals surface area contributed by atoms with Gasteiger partial charge in [0.1, 0.15) is 0 Å². The number of sulfonamides is 1. The molecule has 3 aromatic carbocycles. The zero-order chi connectivity index (χ0) is 22.7. The molecule has 0 spiro atoms. The van der Waals surface area contributed by atoms with Gasteiger partial charge in [0.15, 0.2) is 5.13 Å². The normalized spacial score (nSPS) is 11.2. The van der Waals surface area contributed by atoms with Gasteiger partial charge in [-0.05, 0) is 48.5 Å². The molecule has 0 bridgehead atoms. The largest absolute Gasteiger partial charge is 0.298 e. The summed E-state index contributed by atoms with van der Waals surface area (Å²) in [6.45, 7) is 0. The van der Waals surface area contributed by atoms with Crippen molar-refractivity contribution in [1.29, 1.82) is 0 Å². The Morgan fingerprint density at radius 2 is 1.72 bits per heavy atom. The van der Waals surface area contributed by atoms with E-state index in [0.29, 0.717) is 26.4 Å². The monoisotopic (exact) mass is 503 g/mol. The van der Waals surface area contributed by atoms with Gasteiger partial charge in [-0.3, -0.25) is 14.8 Å². The second kappa shape index (κ2) is 9.30. The Hall–Kier alpha value is -2.91. The van der Waals surface area contributed by atoms with E-state index in [9.17, 15) is 13.2 Å². The number of halogens is 2. The molecule has 32 heavy (non-hydrogen) atoms. The molecule has 1 heterocycles. The van der Waals surface area contributed by atoms with E-state index in [1.807, 2.05) is 0 Å². The van der Waals surface area contributed by atoms with Crippen molar-refractivity contribution in [2.24, 2.45) is 0 Å². The van der Waals surface area contributed by atoms with Crippen LogP contribution in [0.15, 0.2) is 83.1 Å². The predicted molar refractivity (Wildman–Crippen MR) is 129 cm³/mol. The van der Waals surface area contributed by atoms with Crippen molar-refractivity contribution in [2.75, 3.05) is 10.0 Å². The fourth-order valence-electron chi connectivity index (χ4n) is 2.86. The van der Waals surface area contributed by atoms with Crippen LogP contribution in [0.2, 0.25) is 10.0 Å². The zero-order valence-corrected chi connectivity index (χ0v) is 19.4. The number of amides is 1. The third-order valence-corrected chi connectivity index (χ3v) is 7.06. The maximum absolute atomic E-state index is 12.7. The molecule has 0 saturated heterocycles. The molecule has 6 nitrogen and oxygen atoms in total. The van der Waals surface area contributed by atoms with Gasteiger partial charge in [0.2, 0.25) is 0 Å². The minimum Gasteiger partial charge on any atom is -0.298 e. The fourth-order valence-corrected chi connectivity index (χ4v) is 5.14. The quantitative estimate of drug-likeness (QED) is 0.329. The van der Waals surface area contributed by atoms with Gasteiger partial charge in [0.25, 0.3) is 15.9 Å². The molecular formula is C22H15Cl2N3O3S2. The van der Waals surface area contributed by atoms with Crippen LogP contribution in [-0.4, -0.2) is 19.3 Å². The van der Waals surface area contributed by atoms with E-state index in [1.54, 1.807) is 60.0 Å². The lowest BCUT2D eigenvalue weighted by molar-refractivity contribution is 0.102. The fraction of sp³-hybridized carbons (Fsp3) is 0. The average molecular weight is 504 g/mol. The second-order valence-electron chi connectivity index (χ2n) is 6.62. The molecule has 1 amide bonds. The standard InChI is InChI=1S/C22H15Cl2N3O3S2/c23-15-9-10-18(19(24)12-15)20-13-31-22(25-20)26-21(28)14-5-4-6-16(11-14)27-32(29,30)17-7-2-1-3-8-17/h1-13,27H,(H,25,26,28). The first-order valence-electron chi connectivity index (χ1n) is 9.22. The SMILES string of the molecule is O=C(Nc1nc(-c2ccc(Cl)cc2Cl)cs1)c1cccc(NS(=O)(=O)c2ccccc2)c1. The topological polar surface area (TPSA) is 88.2 Å². The summed E-state index contributed by atoms with van der Waals surface area (Å²) in [4.78, 5) is 17.2. The molecule has 2 N–H and O–H groups in total. The zero-order valence-electron chi connectivity index (χ0n) is 16.2. The summed E-state index contributed by atoms with van der Waals surface area (Å²) >= 11 is 13.4. The summed E-state index contributed by atoms with van der Waals surface area (Å²) in [6, 6.07) is 19.3. The van der Waals surface area contributed by atoms with Crippen molar-refractivity contribution in [3.63, 3.8) is 0 Å². The maximum Gasteiger partial charge on any atom is 0.261 e. The molecule has 4 aromatic rings. The number of carbonyl (C=O) groups is 1. The van der Waals surface area contributed by atoms with Gasteiger partial charge >= 0.3 is 0 Å². The molecule has 0 radical (unpaired) electrons.